The van der Waals surface area contributed by atoms with Crippen LogP contribution in [0.15, 0.2) is 0 Å². The van der Waals surface area contributed by atoms with E-state index in [9.17, 15) is 9.59 Å². The summed E-state index contributed by atoms with van der Waals surface area (Å²) in [6, 6.07) is 0. The smallest absolute Gasteiger partial charge is 0.307 e. The van der Waals surface area contributed by atoms with Crippen LogP contribution in [-0.4, -0.2) is 49.7 Å². The Morgan fingerprint density at radius 2 is 1.74 bits per heavy atom. The molecule has 0 aliphatic rings. The van der Waals surface area contributed by atoms with E-state index in [1.54, 1.807) is 11.8 Å². The normalized spacial score (nSPS) is 10.3. The van der Waals surface area contributed by atoms with Crippen molar-refractivity contribution >= 4 is 11.9 Å². The molecule has 0 radical (unpaired) electrons. The van der Waals surface area contributed by atoms with Gasteiger partial charge in [0.05, 0.1) is 13.0 Å². The molecule has 0 atom stereocenters. The van der Waals surface area contributed by atoms with Gasteiger partial charge in [-0.2, -0.15) is 0 Å². The van der Waals surface area contributed by atoms with Crippen molar-refractivity contribution in [3.8, 4) is 0 Å². The van der Waals surface area contributed by atoms with E-state index in [-0.39, 0.29) is 18.3 Å². The number of amides is 1. The molecule has 0 bridgehead atoms. The fourth-order valence-corrected chi connectivity index (χ4v) is 1.69. The Labute approximate surface area is 116 Å². The molecule has 1 amide bonds. The summed E-state index contributed by atoms with van der Waals surface area (Å²) < 4.78 is 10.1. The molecule has 0 saturated heterocycles. The van der Waals surface area contributed by atoms with Crippen LogP contribution in [0.2, 0.25) is 0 Å². The van der Waals surface area contributed by atoms with E-state index < -0.39 is 0 Å². The highest BCUT2D eigenvalue weighted by Crippen LogP contribution is 2.02. The molecule has 0 heterocycles. The van der Waals surface area contributed by atoms with Gasteiger partial charge in [0.15, 0.2) is 0 Å². The topological polar surface area (TPSA) is 55.8 Å². The molecule has 0 spiro atoms. The van der Waals surface area contributed by atoms with Gasteiger partial charge >= 0.3 is 5.97 Å². The first kappa shape index (κ1) is 17.9. The average molecular weight is 273 g/mol. The highest BCUT2D eigenvalue weighted by molar-refractivity contribution is 5.77. The molecule has 0 N–H and O–H groups in total. The first-order valence-electron chi connectivity index (χ1n) is 7.16. The van der Waals surface area contributed by atoms with Gasteiger partial charge < -0.3 is 14.4 Å². The van der Waals surface area contributed by atoms with E-state index in [1.807, 2.05) is 13.8 Å². The number of carbonyl (C=O) groups excluding carboxylic acids is 2. The SMILES string of the molecule is CCCC(=O)N(CCCOCC)CCC(=O)OCC. The molecule has 0 rings (SSSR count). The van der Waals surface area contributed by atoms with Gasteiger partial charge in [0.25, 0.3) is 0 Å². The molecule has 0 fully saturated rings. The molecular weight excluding hydrogens is 246 g/mol. The zero-order valence-corrected chi connectivity index (χ0v) is 12.4. The minimum absolute atomic E-state index is 0.100. The Balaban J connectivity index is 4.09. The van der Waals surface area contributed by atoms with E-state index in [4.69, 9.17) is 9.47 Å². The van der Waals surface area contributed by atoms with Crippen molar-refractivity contribution < 1.29 is 19.1 Å². The molecule has 19 heavy (non-hydrogen) atoms. The molecule has 0 aromatic heterocycles. The van der Waals surface area contributed by atoms with Crippen LogP contribution in [0, 0.1) is 0 Å². The van der Waals surface area contributed by atoms with Crippen LogP contribution < -0.4 is 0 Å². The van der Waals surface area contributed by atoms with Crippen LogP contribution in [0.25, 0.3) is 0 Å². The maximum atomic E-state index is 11.9. The second-order valence-electron chi connectivity index (χ2n) is 4.24. The summed E-state index contributed by atoms with van der Waals surface area (Å²) >= 11 is 0. The van der Waals surface area contributed by atoms with Crippen molar-refractivity contribution in [3.63, 3.8) is 0 Å². The third-order valence-corrected chi connectivity index (χ3v) is 2.63. The molecule has 0 aliphatic carbocycles. The summed E-state index contributed by atoms with van der Waals surface area (Å²) in [5.41, 5.74) is 0. The molecule has 0 aromatic rings. The summed E-state index contributed by atoms with van der Waals surface area (Å²) in [5, 5.41) is 0. The Morgan fingerprint density at radius 1 is 1.00 bits per heavy atom. The fourth-order valence-electron chi connectivity index (χ4n) is 1.69. The predicted octanol–water partition coefficient (Wildman–Crippen LogP) is 1.99. The Kier molecular flexibility index (Phi) is 11.3. The predicted molar refractivity (Wildman–Crippen MR) is 73.8 cm³/mol. The zero-order valence-electron chi connectivity index (χ0n) is 12.4. The van der Waals surface area contributed by atoms with E-state index >= 15 is 0 Å². The number of rotatable bonds is 11. The molecular formula is C14H27NO4. The molecule has 0 saturated carbocycles. The summed E-state index contributed by atoms with van der Waals surface area (Å²) in [5.74, 6) is -0.148. The largest absolute Gasteiger partial charge is 0.466 e. The Morgan fingerprint density at radius 3 is 2.32 bits per heavy atom. The fraction of sp³-hybridized carbons (Fsp3) is 0.857. The molecule has 112 valence electrons. The molecule has 0 unspecified atom stereocenters. The van der Waals surface area contributed by atoms with Crippen LogP contribution in [0.5, 0.6) is 0 Å². The van der Waals surface area contributed by atoms with Crippen LogP contribution in [0.1, 0.15) is 46.5 Å². The maximum Gasteiger partial charge on any atom is 0.307 e. The molecule has 5 nitrogen and oxygen atoms in total. The van der Waals surface area contributed by atoms with E-state index in [0.717, 1.165) is 12.8 Å². The second kappa shape index (κ2) is 12.0. The second-order valence-corrected chi connectivity index (χ2v) is 4.24. The van der Waals surface area contributed by atoms with Gasteiger partial charge in [-0.05, 0) is 26.7 Å². The third-order valence-electron chi connectivity index (χ3n) is 2.63. The van der Waals surface area contributed by atoms with E-state index in [0.29, 0.717) is 39.3 Å². The van der Waals surface area contributed by atoms with Crippen molar-refractivity contribution in [2.75, 3.05) is 32.9 Å². The summed E-state index contributed by atoms with van der Waals surface area (Å²) in [4.78, 5) is 25.0. The summed E-state index contributed by atoms with van der Waals surface area (Å²) in [6.07, 6.45) is 2.40. The molecule has 5 heteroatoms. The van der Waals surface area contributed by atoms with Crippen molar-refractivity contribution in [2.24, 2.45) is 0 Å². The van der Waals surface area contributed by atoms with Gasteiger partial charge in [-0.3, -0.25) is 9.59 Å². The quantitative estimate of drug-likeness (QED) is 0.427. The Hall–Kier alpha value is -1.10. The van der Waals surface area contributed by atoms with Gasteiger partial charge in [-0.15, -0.1) is 0 Å². The van der Waals surface area contributed by atoms with Crippen molar-refractivity contribution in [2.45, 2.75) is 46.5 Å². The molecule has 0 aromatic carbocycles. The number of ether oxygens (including phenoxy) is 2. The lowest BCUT2D eigenvalue weighted by molar-refractivity contribution is -0.144. The monoisotopic (exact) mass is 273 g/mol. The first-order valence-corrected chi connectivity index (χ1v) is 7.16. The maximum absolute atomic E-state index is 11.9. The highest BCUT2D eigenvalue weighted by Gasteiger charge is 2.14. The van der Waals surface area contributed by atoms with Gasteiger partial charge in [0.2, 0.25) is 5.91 Å². The van der Waals surface area contributed by atoms with Crippen LogP contribution >= 0.6 is 0 Å². The minimum atomic E-state index is -0.249. The Bertz CT molecular complexity index is 256. The van der Waals surface area contributed by atoms with Crippen molar-refractivity contribution in [3.05, 3.63) is 0 Å². The zero-order chi connectivity index (χ0) is 14.5. The van der Waals surface area contributed by atoms with Crippen LogP contribution in [0.3, 0.4) is 0 Å². The lowest BCUT2D eigenvalue weighted by atomic mass is 10.2. The number of hydrogen-bond acceptors (Lipinski definition) is 4. The van der Waals surface area contributed by atoms with Crippen LogP contribution in [-0.2, 0) is 19.1 Å². The van der Waals surface area contributed by atoms with E-state index in [2.05, 4.69) is 0 Å². The van der Waals surface area contributed by atoms with Crippen molar-refractivity contribution in [1.82, 2.24) is 4.90 Å². The summed E-state index contributed by atoms with van der Waals surface area (Å²) in [7, 11) is 0. The average Bonchev–Trinajstić information content (AvgIpc) is 2.38. The van der Waals surface area contributed by atoms with E-state index in [1.165, 1.54) is 0 Å². The first-order chi connectivity index (χ1) is 9.15. The highest BCUT2D eigenvalue weighted by atomic mass is 16.5. The number of esters is 1. The third kappa shape index (κ3) is 9.47. The minimum Gasteiger partial charge on any atom is -0.466 e. The number of hydrogen-bond donors (Lipinski definition) is 0. The van der Waals surface area contributed by atoms with Gasteiger partial charge in [-0.1, -0.05) is 6.92 Å². The lowest BCUT2D eigenvalue weighted by Gasteiger charge is -2.22. The molecule has 0 aliphatic heterocycles. The van der Waals surface area contributed by atoms with Gasteiger partial charge in [-0.25, -0.2) is 0 Å². The van der Waals surface area contributed by atoms with Crippen LogP contribution in [0.4, 0.5) is 0 Å². The summed E-state index contributed by atoms with van der Waals surface area (Å²) in [6.45, 7) is 8.48. The number of nitrogens with zero attached hydrogens (tertiary/aromatic N) is 1. The van der Waals surface area contributed by atoms with Gasteiger partial charge in [0, 0.05) is 32.7 Å². The standard InChI is InChI=1S/C14H27NO4/c1-4-8-13(16)15(10-7-12-18-5-2)11-9-14(17)19-6-3/h4-12H2,1-3H3. The van der Waals surface area contributed by atoms with Crippen molar-refractivity contribution in [1.29, 1.82) is 0 Å². The van der Waals surface area contributed by atoms with Gasteiger partial charge in [0.1, 0.15) is 0 Å². The lowest BCUT2D eigenvalue weighted by Crippen LogP contribution is -2.34. The number of carbonyl (C=O) groups is 2.